The molecule has 0 bridgehead atoms. The van der Waals surface area contributed by atoms with Crippen molar-refractivity contribution in [2.24, 2.45) is 0 Å². The van der Waals surface area contributed by atoms with Crippen LogP contribution < -0.4 is 16.2 Å². The van der Waals surface area contributed by atoms with Crippen LogP contribution in [0.4, 0.5) is 15.8 Å². The fraction of sp³-hybridized carbons (Fsp3) is 0.0400. The number of hydrogen-bond acceptors (Lipinski definition) is 4. The van der Waals surface area contributed by atoms with E-state index in [0.717, 1.165) is 4.68 Å². The second kappa shape index (κ2) is 9.69. The number of benzene rings is 3. The maximum atomic E-state index is 13.1. The molecule has 2 amide bonds. The Hall–Kier alpha value is -4.59. The molecule has 4 aromatic rings. The minimum atomic E-state index is -0.631. The van der Waals surface area contributed by atoms with Gasteiger partial charge in [0.1, 0.15) is 18.0 Å². The van der Waals surface area contributed by atoms with Crippen LogP contribution in [0.15, 0.2) is 95.8 Å². The molecule has 0 saturated carbocycles. The number of nitrogens with one attached hydrogen (secondary N) is 2. The van der Waals surface area contributed by atoms with Gasteiger partial charge in [-0.25, -0.2) is 9.07 Å². The van der Waals surface area contributed by atoms with Crippen molar-refractivity contribution in [3.05, 3.63) is 113 Å². The highest BCUT2D eigenvalue weighted by Gasteiger charge is 2.16. The average Bonchev–Trinajstić information content (AvgIpc) is 2.84. The lowest BCUT2D eigenvalue weighted by Crippen LogP contribution is -2.32. The fourth-order valence-corrected chi connectivity index (χ4v) is 3.14. The van der Waals surface area contributed by atoms with Crippen LogP contribution in [-0.2, 0) is 11.3 Å². The van der Waals surface area contributed by atoms with Crippen molar-refractivity contribution in [2.45, 2.75) is 6.54 Å². The maximum absolute atomic E-state index is 13.1. The molecule has 0 aliphatic rings. The summed E-state index contributed by atoms with van der Waals surface area (Å²) >= 11 is 0. The number of rotatable bonds is 6. The summed E-state index contributed by atoms with van der Waals surface area (Å²) in [6.45, 7) is -0.398. The molecule has 2 N–H and O–H groups in total. The standard InChI is InChI=1S/C25H19FN4O3/c26-19-11-13-20(14-12-19)27-23(31)16-30-25(33)22(28-24(32)18-9-5-2-6-10-18)15-21(29-30)17-7-3-1-4-8-17/h1-15H,16H2,(H,27,31)(H,28,32). The van der Waals surface area contributed by atoms with Gasteiger partial charge in [0.25, 0.3) is 11.5 Å². The van der Waals surface area contributed by atoms with Crippen LogP contribution >= 0.6 is 0 Å². The van der Waals surface area contributed by atoms with E-state index in [9.17, 15) is 18.8 Å². The first-order chi connectivity index (χ1) is 16.0. The van der Waals surface area contributed by atoms with E-state index in [1.165, 1.54) is 30.3 Å². The van der Waals surface area contributed by atoms with E-state index in [0.29, 0.717) is 22.5 Å². The van der Waals surface area contributed by atoms with Gasteiger partial charge < -0.3 is 10.6 Å². The van der Waals surface area contributed by atoms with E-state index in [1.54, 1.807) is 42.5 Å². The Morgan fingerprint density at radius 3 is 2.15 bits per heavy atom. The van der Waals surface area contributed by atoms with Crippen molar-refractivity contribution in [2.75, 3.05) is 10.6 Å². The molecule has 1 heterocycles. The minimum Gasteiger partial charge on any atom is -0.324 e. The van der Waals surface area contributed by atoms with Crippen LogP contribution in [0.25, 0.3) is 11.3 Å². The number of anilines is 2. The van der Waals surface area contributed by atoms with Crippen LogP contribution in [0.1, 0.15) is 10.4 Å². The summed E-state index contributed by atoms with van der Waals surface area (Å²) in [7, 11) is 0. The Labute approximate surface area is 188 Å². The number of carbonyl (C=O) groups excluding carboxylic acids is 2. The highest BCUT2D eigenvalue weighted by Crippen LogP contribution is 2.18. The predicted octanol–water partition coefficient (Wildman–Crippen LogP) is 3.94. The zero-order valence-corrected chi connectivity index (χ0v) is 17.4. The normalized spacial score (nSPS) is 10.5. The maximum Gasteiger partial charge on any atom is 0.291 e. The van der Waals surface area contributed by atoms with Gasteiger partial charge >= 0.3 is 0 Å². The van der Waals surface area contributed by atoms with Crippen LogP contribution in [0.3, 0.4) is 0 Å². The lowest BCUT2D eigenvalue weighted by Gasteiger charge is -2.12. The van der Waals surface area contributed by atoms with E-state index < -0.39 is 29.7 Å². The topological polar surface area (TPSA) is 93.1 Å². The van der Waals surface area contributed by atoms with Gasteiger partial charge in [-0.2, -0.15) is 5.10 Å². The van der Waals surface area contributed by atoms with E-state index in [4.69, 9.17) is 0 Å². The lowest BCUT2D eigenvalue weighted by molar-refractivity contribution is -0.117. The van der Waals surface area contributed by atoms with Gasteiger partial charge in [-0.3, -0.25) is 14.4 Å². The first kappa shape index (κ1) is 21.6. The number of amides is 2. The van der Waals surface area contributed by atoms with Crippen molar-refractivity contribution in [1.82, 2.24) is 9.78 Å². The number of aromatic nitrogens is 2. The summed E-state index contributed by atoms with van der Waals surface area (Å²) in [5.41, 5.74) is 1.25. The Bertz CT molecular complexity index is 1340. The van der Waals surface area contributed by atoms with E-state index in [1.807, 2.05) is 18.2 Å². The molecule has 0 saturated heterocycles. The van der Waals surface area contributed by atoms with Gasteiger partial charge in [-0.15, -0.1) is 0 Å². The molecule has 7 nitrogen and oxygen atoms in total. The molecule has 33 heavy (non-hydrogen) atoms. The molecule has 0 spiro atoms. The monoisotopic (exact) mass is 442 g/mol. The molecule has 0 aliphatic heterocycles. The highest BCUT2D eigenvalue weighted by atomic mass is 19.1. The molecular formula is C25H19FN4O3. The lowest BCUT2D eigenvalue weighted by atomic mass is 10.1. The zero-order chi connectivity index (χ0) is 23.2. The SMILES string of the molecule is O=C(Cn1nc(-c2ccccc2)cc(NC(=O)c2ccccc2)c1=O)Nc1ccc(F)cc1. The van der Waals surface area contributed by atoms with Gasteiger partial charge in [-0.1, -0.05) is 48.5 Å². The third-order valence-corrected chi connectivity index (χ3v) is 4.75. The first-order valence-electron chi connectivity index (χ1n) is 10.1. The number of carbonyl (C=O) groups is 2. The number of halogens is 1. The van der Waals surface area contributed by atoms with Crippen molar-refractivity contribution in [3.8, 4) is 11.3 Å². The van der Waals surface area contributed by atoms with Gasteiger partial charge in [0, 0.05) is 16.8 Å². The molecule has 0 unspecified atom stereocenters. The second-order valence-corrected chi connectivity index (χ2v) is 7.15. The fourth-order valence-electron chi connectivity index (χ4n) is 3.14. The molecule has 1 aromatic heterocycles. The minimum absolute atomic E-state index is 0.00714. The predicted molar refractivity (Wildman–Crippen MR) is 123 cm³/mol. The Balaban J connectivity index is 1.65. The quantitative estimate of drug-likeness (QED) is 0.473. The van der Waals surface area contributed by atoms with Crippen LogP contribution in [0.5, 0.6) is 0 Å². The summed E-state index contributed by atoms with van der Waals surface area (Å²) < 4.78 is 14.1. The number of hydrogen-bond donors (Lipinski definition) is 2. The van der Waals surface area contributed by atoms with Crippen molar-refractivity contribution in [3.63, 3.8) is 0 Å². The summed E-state index contributed by atoms with van der Waals surface area (Å²) in [4.78, 5) is 38.2. The molecule has 4 rings (SSSR count). The van der Waals surface area contributed by atoms with Crippen LogP contribution in [-0.4, -0.2) is 21.6 Å². The largest absolute Gasteiger partial charge is 0.324 e. The molecule has 164 valence electrons. The Morgan fingerprint density at radius 2 is 1.48 bits per heavy atom. The Kier molecular flexibility index (Phi) is 6.36. The first-order valence-corrected chi connectivity index (χ1v) is 10.1. The summed E-state index contributed by atoms with van der Waals surface area (Å²) in [6, 6.07) is 24.3. The van der Waals surface area contributed by atoms with Crippen LogP contribution in [0, 0.1) is 5.82 Å². The molecule has 0 radical (unpaired) electrons. The third kappa shape index (κ3) is 5.37. The Morgan fingerprint density at radius 1 is 0.848 bits per heavy atom. The van der Waals surface area contributed by atoms with Crippen molar-refractivity contribution >= 4 is 23.2 Å². The molecule has 0 fully saturated rings. The number of nitrogens with zero attached hydrogens (tertiary/aromatic N) is 2. The summed E-state index contributed by atoms with van der Waals surface area (Å²) in [5, 5.41) is 9.53. The molecule has 0 aliphatic carbocycles. The average molecular weight is 442 g/mol. The summed E-state index contributed by atoms with van der Waals surface area (Å²) in [6.07, 6.45) is 0. The zero-order valence-electron chi connectivity index (χ0n) is 17.4. The van der Waals surface area contributed by atoms with E-state index in [-0.39, 0.29) is 5.69 Å². The smallest absolute Gasteiger partial charge is 0.291 e. The highest BCUT2D eigenvalue weighted by molar-refractivity contribution is 6.04. The van der Waals surface area contributed by atoms with Gasteiger partial charge in [0.15, 0.2) is 0 Å². The van der Waals surface area contributed by atoms with Gasteiger partial charge in [0.05, 0.1) is 5.69 Å². The second-order valence-electron chi connectivity index (χ2n) is 7.15. The third-order valence-electron chi connectivity index (χ3n) is 4.75. The van der Waals surface area contributed by atoms with Gasteiger partial charge in [-0.05, 0) is 42.5 Å². The molecule has 0 atom stereocenters. The van der Waals surface area contributed by atoms with Crippen molar-refractivity contribution in [1.29, 1.82) is 0 Å². The molecular weight excluding hydrogens is 423 g/mol. The van der Waals surface area contributed by atoms with Gasteiger partial charge in [0.2, 0.25) is 5.91 Å². The van der Waals surface area contributed by atoms with E-state index >= 15 is 0 Å². The summed E-state index contributed by atoms with van der Waals surface area (Å²) in [5.74, 6) is -1.41. The van der Waals surface area contributed by atoms with Crippen LogP contribution in [0.2, 0.25) is 0 Å². The van der Waals surface area contributed by atoms with E-state index in [2.05, 4.69) is 15.7 Å². The molecule has 8 heteroatoms. The molecule has 3 aromatic carbocycles. The van der Waals surface area contributed by atoms with Crippen molar-refractivity contribution < 1.29 is 14.0 Å².